The lowest BCUT2D eigenvalue weighted by molar-refractivity contribution is -0.0309. The number of hydrogen-bond donors (Lipinski definition) is 0. The minimum Gasteiger partial charge on any atom is -0.377 e. The molecular weight excluding hydrogens is 220 g/mol. The van der Waals surface area contributed by atoms with E-state index >= 15 is 0 Å². The highest BCUT2D eigenvalue weighted by Crippen LogP contribution is 2.13. The van der Waals surface area contributed by atoms with Crippen molar-refractivity contribution >= 4 is 0 Å². The highest BCUT2D eigenvalue weighted by atomic mass is 16.5. The number of nitrogens with zero attached hydrogens (tertiary/aromatic N) is 4. The van der Waals surface area contributed by atoms with Crippen LogP contribution in [0.25, 0.3) is 5.69 Å². The molecule has 0 radical (unpaired) electrons. The number of tetrazole rings is 1. The van der Waals surface area contributed by atoms with Crippen LogP contribution in [0, 0.1) is 6.92 Å². The molecule has 0 spiro atoms. The molecular formula is C11H12N4O2. The Kier molecular flexibility index (Phi) is 2.29. The third-order valence-corrected chi connectivity index (χ3v) is 2.82. The highest BCUT2D eigenvalue weighted by molar-refractivity contribution is 5.33. The number of aromatic nitrogens is 4. The van der Waals surface area contributed by atoms with Crippen LogP contribution in [0.2, 0.25) is 0 Å². The summed E-state index contributed by atoms with van der Waals surface area (Å²) in [6.45, 7) is 3.04. The number of benzene rings is 1. The second kappa shape index (κ2) is 3.81. The second-order valence-corrected chi connectivity index (χ2v) is 4.15. The molecule has 0 unspecified atom stereocenters. The van der Waals surface area contributed by atoms with E-state index in [1.807, 2.05) is 31.2 Å². The topological polar surface area (TPSA) is 61.9 Å². The molecule has 1 aliphatic rings. The van der Waals surface area contributed by atoms with Gasteiger partial charge in [-0.25, -0.2) is 4.79 Å². The zero-order chi connectivity index (χ0) is 11.8. The summed E-state index contributed by atoms with van der Waals surface area (Å²) in [7, 11) is 0. The van der Waals surface area contributed by atoms with E-state index in [-0.39, 0.29) is 11.7 Å². The molecule has 6 nitrogen and oxygen atoms in total. The average Bonchev–Trinajstić information content (AvgIpc) is 2.59. The van der Waals surface area contributed by atoms with Crippen molar-refractivity contribution in [2.75, 3.05) is 13.2 Å². The molecule has 1 saturated heterocycles. The number of ether oxygens (including phenoxy) is 1. The zero-order valence-corrected chi connectivity index (χ0v) is 9.41. The maximum atomic E-state index is 12.1. The molecule has 0 aliphatic carbocycles. The SMILES string of the molecule is Cc1cccc(-n2nnn(C3COC3)c2=O)c1. The van der Waals surface area contributed by atoms with E-state index < -0.39 is 0 Å². The first-order valence-corrected chi connectivity index (χ1v) is 5.45. The molecule has 0 amide bonds. The Labute approximate surface area is 97.4 Å². The first-order chi connectivity index (χ1) is 8.25. The smallest absolute Gasteiger partial charge is 0.368 e. The van der Waals surface area contributed by atoms with Gasteiger partial charge in [0.2, 0.25) is 0 Å². The lowest BCUT2D eigenvalue weighted by atomic mass is 10.2. The summed E-state index contributed by atoms with van der Waals surface area (Å²) < 4.78 is 7.73. The van der Waals surface area contributed by atoms with E-state index in [0.717, 1.165) is 11.3 Å². The van der Waals surface area contributed by atoms with Crippen LogP contribution in [-0.4, -0.2) is 33.0 Å². The van der Waals surface area contributed by atoms with Crippen molar-refractivity contribution in [1.82, 2.24) is 19.8 Å². The highest BCUT2D eigenvalue weighted by Gasteiger charge is 2.25. The fourth-order valence-corrected chi connectivity index (χ4v) is 1.77. The van der Waals surface area contributed by atoms with Crippen molar-refractivity contribution in [2.24, 2.45) is 0 Å². The van der Waals surface area contributed by atoms with Crippen LogP contribution in [0.4, 0.5) is 0 Å². The van der Waals surface area contributed by atoms with E-state index in [1.165, 1.54) is 9.36 Å². The van der Waals surface area contributed by atoms with Gasteiger partial charge in [0.05, 0.1) is 18.9 Å². The van der Waals surface area contributed by atoms with Gasteiger partial charge in [-0.15, -0.1) is 0 Å². The Balaban J connectivity index is 2.04. The standard InChI is InChI=1S/C11H12N4O2/c1-8-3-2-4-9(5-8)14-11(16)15(13-12-14)10-6-17-7-10/h2-5,10H,6-7H2,1H3. The van der Waals surface area contributed by atoms with Gasteiger partial charge in [-0.05, 0) is 35.0 Å². The minimum atomic E-state index is -0.219. The minimum absolute atomic E-state index is 0.0288. The molecule has 1 aromatic carbocycles. The Bertz CT molecular complexity index is 598. The summed E-state index contributed by atoms with van der Waals surface area (Å²) >= 11 is 0. The Hall–Kier alpha value is -1.95. The van der Waals surface area contributed by atoms with Gasteiger partial charge in [-0.2, -0.15) is 9.36 Å². The molecule has 1 fully saturated rings. The molecule has 3 rings (SSSR count). The average molecular weight is 232 g/mol. The first kappa shape index (κ1) is 10.2. The molecule has 17 heavy (non-hydrogen) atoms. The van der Waals surface area contributed by atoms with Gasteiger partial charge in [-0.3, -0.25) is 0 Å². The first-order valence-electron chi connectivity index (χ1n) is 5.45. The molecule has 0 atom stereocenters. The molecule has 1 aliphatic heterocycles. The van der Waals surface area contributed by atoms with Gasteiger partial charge >= 0.3 is 5.69 Å². The molecule has 0 bridgehead atoms. The van der Waals surface area contributed by atoms with Crippen molar-refractivity contribution < 1.29 is 4.74 Å². The van der Waals surface area contributed by atoms with Crippen LogP contribution in [-0.2, 0) is 4.74 Å². The van der Waals surface area contributed by atoms with E-state index in [0.29, 0.717) is 13.2 Å². The molecule has 88 valence electrons. The third kappa shape index (κ3) is 1.66. The van der Waals surface area contributed by atoms with Crippen LogP contribution < -0.4 is 5.69 Å². The molecule has 6 heteroatoms. The van der Waals surface area contributed by atoms with Gasteiger partial charge in [0.15, 0.2) is 0 Å². The molecule has 0 N–H and O–H groups in total. The predicted octanol–water partition coefficient (Wildman–Crippen LogP) is 0.309. The van der Waals surface area contributed by atoms with E-state index in [9.17, 15) is 4.79 Å². The van der Waals surface area contributed by atoms with Crippen molar-refractivity contribution in [3.8, 4) is 5.69 Å². The van der Waals surface area contributed by atoms with Gasteiger partial charge < -0.3 is 4.74 Å². The molecule has 0 saturated carbocycles. The van der Waals surface area contributed by atoms with Crippen molar-refractivity contribution in [3.05, 3.63) is 40.3 Å². The normalized spacial score (nSPS) is 15.8. The Morgan fingerprint density at radius 3 is 2.82 bits per heavy atom. The summed E-state index contributed by atoms with van der Waals surface area (Å²) in [4.78, 5) is 12.1. The number of aryl methyl sites for hydroxylation is 1. The van der Waals surface area contributed by atoms with Crippen molar-refractivity contribution in [3.63, 3.8) is 0 Å². The largest absolute Gasteiger partial charge is 0.377 e. The van der Waals surface area contributed by atoms with Crippen LogP contribution in [0.15, 0.2) is 29.1 Å². The summed E-state index contributed by atoms with van der Waals surface area (Å²) in [5.41, 5.74) is 1.60. The predicted molar refractivity (Wildman–Crippen MR) is 60.2 cm³/mol. The third-order valence-electron chi connectivity index (χ3n) is 2.82. The molecule has 2 heterocycles. The van der Waals surface area contributed by atoms with Crippen molar-refractivity contribution in [2.45, 2.75) is 13.0 Å². The van der Waals surface area contributed by atoms with Gasteiger partial charge in [-0.1, -0.05) is 12.1 Å². The van der Waals surface area contributed by atoms with Crippen LogP contribution >= 0.6 is 0 Å². The Morgan fingerprint density at radius 2 is 2.18 bits per heavy atom. The number of rotatable bonds is 2. The van der Waals surface area contributed by atoms with Gasteiger partial charge in [0, 0.05) is 0 Å². The Morgan fingerprint density at radius 1 is 1.35 bits per heavy atom. The zero-order valence-electron chi connectivity index (χ0n) is 9.41. The van der Waals surface area contributed by atoms with E-state index in [4.69, 9.17) is 4.74 Å². The summed E-state index contributed by atoms with van der Waals surface area (Å²) in [5.74, 6) is 0. The summed E-state index contributed by atoms with van der Waals surface area (Å²) in [6.07, 6.45) is 0. The number of hydrogen-bond acceptors (Lipinski definition) is 4. The van der Waals surface area contributed by atoms with Crippen LogP contribution in [0.1, 0.15) is 11.6 Å². The molecule has 2 aromatic rings. The fourth-order valence-electron chi connectivity index (χ4n) is 1.77. The van der Waals surface area contributed by atoms with E-state index in [1.54, 1.807) is 0 Å². The lowest BCUT2D eigenvalue weighted by Gasteiger charge is -2.24. The quantitative estimate of drug-likeness (QED) is 0.747. The maximum absolute atomic E-state index is 12.1. The lowest BCUT2D eigenvalue weighted by Crippen LogP contribution is -2.38. The second-order valence-electron chi connectivity index (χ2n) is 4.15. The summed E-state index contributed by atoms with van der Waals surface area (Å²) in [6, 6.07) is 7.63. The van der Waals surface area contributed by atoms with Gasteiger partial charge in [0.1, 0.15) is 6.04 Å². The van der Waals surface area contributed by atoms with Crippen LogP contribution in [0.3, 0.4) is 0 Å². The maximum Gasteiger partial charge on any atom is 0.368 e. The molecule has 1 aromatic heterocycles. The van der Waals surface area contributed by atoms with Crippen molar-refractivity contribution in [1.29, 1.82) is 0 Å². The van der Waals surface area contributed by atoms with Gasteiger partial charge in [0.25, 0.3) is 0 Å². The fraction of sp³-hybridized carbons (Fsp3) is 0.364. The summed E-state index contributed by atoms with van der Waals surface area (Å²) in [5, 5.41) is 7.77. The van der Waals surface area contributed by atoms with Crippen LogP contribution in [0.5, 0.6) is 0 Å². The van der Waals surface area contributed by atoms with E-state index in [2.05, 4.69) is 10.4 Å². The monoisotopic (exact) mass is 232 g/mol.